The topological polar surface area (TPSA) is 84.9 Å². The van der Waals surface area contributed by atoms with Crippen LogP contribution in [0.1, 0.15) is 23.1 Å². The molecule has 0 atom stereocenters. The zero-order valence-corrected chi connectivity index (χ0v) is 18.4. The maximum Gasteiger partial charge on any atom is 0.243 e. The number of hydrogen-bond acceptors (Lipinski definition) is 5. The molecule has 2 aromatic carbocycles. The molecule has 1 fully saturated rings. The first-order chi connectivity index (χ1) is 14.3. The van der Waals surface area contributed by atoms with Gasteiger partial charge in [-0.15, -0.1) is 0 Å². The number of aryl methyl sites for hydroxylation is 3. The van der Waals surface area contributed by atoms with E-state index in [0.717, 1.165) is 16.8 Å². The molecule has 1 aliphatic rings. The van der Waals surface area contributed by atoms with Gasteiger partial charge in [-0.2, -0.15) is 4.31 Å². The van der Waals surface area contributed by atoms with E-state index in [-0.39, 0.29) is 17.2 Å². The van der Waals surface area contributed by atoms with Crippen molar-refractivity contribution in [2.75, 3.05) is 38.7 Å². The maximum atomic E-state index is 12.9. The Bertz CT molecular complexity index is 1010. The third-order valence-corrected chi connectivity index (χ3v) is 7.17. The van der Waals surface area contributed by atoms with E-state index in [1.54, 1.807) is 18.2 Å². The van der Waals surface area contributed by atoms with E-state index in [1.807, 2.05) is 32.0 Å². The molecule has 3 rings (SSSR count). The molecule has 1 heterocycles. The van der Waals surface area contributed by atoms with E-state index in [4.69, 9.17) is 9.47 Å². The van der Waals surface area contributed by atoms with Crippen LogP contribution in [-0.2, 0) is 26.0 Å². The summed E-state index contributed by atoms with van der Waals surface area (Å²) in [5.41, 5.74) is 3.70. The van der Waals surface area contributed by atoms with Crippen LogP contribution in [0.4, 0.5) is 5.69 Å². The van der Waals surface area contributed by atoms with Gasteiger partial charge in [-0.05, 0) is 67.3 Å². The Morgan fingerprint density at radius 2 is 1.83 bits per heavy atom. The van der Waals surface area contributed by atoms with Crippen LogP contribution in [0.2, 0.25) is 0 Å². The van der Waals surface area contributed by atoms with Crippen LogP contribution in [-0.4, -0.2) is 52.0 Å². The van der Waals surface area contributed by atoms with Gasteiger partial charge in [-0.1, -0.05) is 6.07 Å². The van der Waals surface area contributed by atoms with Gasteiger partial charge in [0.1, 0.15) is 5.75 Å². The molecule has 1 amide bonds. The zero-order chi connectivity index (χ0) is 21.7. The molecule has 0 aliphatic carbocycles. The van der Waals surface area contributed by atoms with E-state index in [2.05, 4.69) is 5.32 Å². The number of morpholine rings is 1. The van der Waals surface area contributed by atoms with Crippen molar-refractivity contribution in [1.29, 1.82) is 0 Å². The van der Waals surface area contributed by atoms with Gasteiger partial charge in [0, 0.05) is 25.2 Å². The first-order valence-electron chi connectivity index (χ1n) is 9.93. The van der Waals surface area contributed by atoms with Crippen LogP contribution < -0.4 is 10.1 Å². The fraction of sp³-hybridized carbons (Fsp3) is 0.409. The Kier molecular flexibility index (Phi) is 7.12. The summed E-state index contributed by atoms with van der Waals surface area (Å²) in [6, 6.07) is 10.6. The monoisotopic (exact) mass is 432 g/mol. The number of anilines is 1. The number of nitrogens with zero attached hydrogens (tertiary/aromatic N) is 1. The average Bonchev–Trinajstić information content (AvgIpc) is 2.75. The molecule has 7 nitrogen and oxygen atoms in total. The predicted molar refractivity (Wildman–Crippen MR) is 115 cm³/mol. The summed E-state index contributed by atoms with van der Waals surface area (Å²) >= 11 is 0. The molecule has 0 saturated carbocycles. The second-order valence-electron chi connectivity index (χ2n) is 7.34. The molecular formula is C22H28N2O5S. The molecule has 1 N–H and O–H groups in total. The number of benzene rings is 2. The second kappa shape index (κ2) is 9.59. The van der Waals surface area contributed by atoms with Gasteiger partial charge in [-0.3, -0.25) is 4.79 Å². The summed E-state index contributed by atoms with van der Waals surface area (Å²) in [4.78, 5) is 12.6. The average molecular weight is 433 g/mol. The molecule has 8 heteroatoms. The lowest BCUT2D eigenvalue weighted by Gasteiger charge is -2.26. The van der Waals surface area contributed by atoms with E-state index >= 15 is 0 Å². The van der Waals surface area contributed by atoms with Crippen LogP contribution in [0.25, 0.3) is 0 Å². The summed E-state index contributed by atoms with van der Waals surface area (Å²) in [7, 11) is -2.08. The highest BCUT2D eigenvalue weighted by Gasteiger charge is 2.27. The minimum atomic E-state index is -3.61. The lowest BCUT2D eigenvalue weighted by Crippen LogP contribution is -2.40. The second-order valence-corrected chi connectivity index (χ2v) is 9.28. The zero-order valence-electron chi connectivity index (χ0n) is 17.6. The summed E-state index contributed by atoms with van der Waals surface area (Å²) in [5, 5.41) is 2.89. The van der Waals surface area contributed by atoms with Crippen molar-refractivity contribution in [3.05, 3.63) is 53.1 Å². The minimum Gasteiger partial charge on any atom is -0.496 e. The van der Waals surface area contributed by atoms with Crippen LogP contribution in [0.3, 0.4) is 0 Å². The molecule has 0 radical (unpaired) electrons. The lowest BCUT2D eigenvalue weighted by atomic mass is 10.1. The van der Waals surface area contributed by atoms with Crippen molar-refractivity contribution in [3.63, 3.8) is 0 Å². The molecule has 0 bridgehead atoms. The van der Waals surface area contributed by atoms with Gasteiger partial charge in [0.05, 0.1) is 25.2 Å². The summed E-state index contributed by atoms with van der Waals surface area (Å²) in [6.45, 7) is 5.47. The van der Waals surface area contributed by atoms with Crippen LogP contribution in [0, 0.1) is 13.8 Å². The minimum absolute atomic E-state index is 0.137. The Hall–Kier alpha value is -2.42. The van der Waals surface area contributed by atoms with Gasteiger partial charge in [0.2, 0.25) is 15.9 Å². The highest BCUT2D eigenvalue weighted by molar-refractivity contribution is 7.89. The van der Waals surface area contributed by atoms with Crippen molar-refractivity contribution in [2.24, 2.45) is 0 Å². The van der Waals surface area contributed by atoms with Crippen LogP contribution in [0.15, 0.2) is 41.3 Å². The number of carbonyl (C=O) groups is 1. The van der Waals surface area contributed by atoms with E-state index in [1.165, 1.54) is 11.4 Å². The Morgan fingerprint density at radius 3 is 2.50 bits per heavy atom. The quantitative estimate of drug-likeness (QED) is 0.727. The number of ether oxygens (including phenoxy) is 2. The number of hydrogen-bond donors (Lipinski definition) is 1. The number of methoxy groups -OCH3 is 1. The molecule has 2 aromatic rings. The fourth-order valence-corrected chi connectivity index (χ4v) is 4.80. The number of amides is 1. The first kappa shape index (κ1) is 22.3. The van der Waals surface area contributed by atoms with Crippen molar-refractivity contribution in [1.82, 2.24) is 4.31 Å². The summed E-state index contributed by atoms with van der Waals surface area (Å²) < 4.78 is 37.9. The van der Waals surface area contributed by atoms with Crippen molar-refractivity contribution in [2.45, 2.75) is 31.6 Å². The van der Waals surface area contributed by atoms with Crippen LogP contribution in [0.5, 0.6) is 5.75 Å². The van der Waals surface area contributed by atoms with Gasteiger partial charge >= 0.3 is 0 Å². The highest BCUT2D eigenvalue weighted by atomic mass is 32.2. The van der Waals surface area contributed by atoms with E-state index < -0.39 is 10.0 Å². The molecule has 0 unspecified atom stereocenters. The number of sulfonamides is 1. The number of carbonyl (C=O) groups excluding carboxylic acids is 1. The third kappa shape index (κ3) is 5.19. The Labute approximate surface area is 178 Å². The van der Waals surface area contributed by atoms with Gasteiger partial charge in [0.25, 0.3) is 0 Å². The normalized spacial score (nSPS) is 15.0. The highest BCUT2D eigenvalue weighted by Crippen LogP contribution is 2.26. The smallest absolute Gasteiger partial charge is 0.243 e. The molecule has 1 aliphatic heterocycles. The third-order valence-electron chi connectivity index (χ3n) is 5.27. The van der Waals surface area contributed by atoms with E-state index in [0.29, 0.717) is 44.0 Å². The van der Waals surface area contributed by atoms with Crippen molar-refractivity contribution >= 4 is 21.6 Å². The van der Waals surface area contributed by atoms with Gasteiger partial charge < -0.3 is 14.8 Å². The van der Waals surface area contributed by atoms with E-state index in [9.17, 15) is 13.2 Å². The molecular weight excluding hydrogens is 404 g/mol. The standard InChI is InChI=1S/C22H28N2O5S/c1-16-4-6-19(14-17(16)2)23-22(25)9-5-18-15-20(7-8-21(18)28-3)30(26,27)24-10-12-29-13-11-24/h4,6-8,14-15H,5,9-13H2,1-3H3,(H,23,25). The number of rotatable bonds is 7. The lowest BCUT2D eigenvalue weighted by molar-refractivity contribution is -0.116. The first-order valence-corrected chi connectivity index (χ1v) is 11.4. The summed E-state index contributed by atoms with van der Waals surface area (Å²) in [5.74, 6) is 0.427. The fourth-order valence-electron chi connectivity index (χ4n) is 3.34. The molecule has 30 heavy (non-hydrogen) atoms. The molecule has 162 valence electrons. The predicted octanol–water partition coefficient (Wildman–Crippen LogP) is 2.90. The molecule has 0 spiro atoms. The van der Waals surface area contributed by atoms with Gasteiger partial charge in [-0.25, -0.2) is 8.42 Å². The maximum absolute atomic E-state index is 12.9. The Morgan fingerprint density at radius 1 is 1.10 bits per heavy atom. The molecule has 0 aromatic heterocycles. The summed E-state index contributed by atoms with van der Waals surface area (Å²) in [6.07, 6.45) is 0.580. The van der Waals surface area contributed by atoms with Gasteiger partial charge in [0.15, 0.2) is 0 Å². The van der Waals surface area contributed by atoms with Crippen LogP contribution >= 0.6 is 0 Å². The Balaban J connectivity index is 1.72. The number of nitrogens with one attached hydrogen (secondary N) is 1. The van der Waals surface area contributed by atoms with Crippen molar-refractivity contribution in [3.8, 4) is 5.75 Å². The largest absolute Gasteiger partial charge is 0.496 e. The molecule has 1 saturated heterocycles. The SMILES string of the molecule is COc1ccc(S(=O)(=O)N2CCOCC2)cc1CCC(=O)Nc1ccc(C)c(C)c1. The van der Waals surface area contributed by atoms with Crippen molar-refractivity contribution < 1.29 is 22.7 Å².